The fourth-order valence-corrected chi connectivity index (χ4v) is 3.84. The zero-order valence-electron chi connectivity index (χ0n) is 16.0. The molecule has 0 aliphatic rings. The van der Waals surface area contributed by atoms with Crippen molar-refractivity contribution in [2.75, 3.05) is 10.7 Å². The van der Waals surface area contributed by atoms with Crippen molar-refractivity contribution in [2.45, 2.75) is 38.0 Å². The molecule has 1 N–H and O–H groups in total. The van der Waals surface area contributed by atoms with E-state index in [-0.39, 0.29) is 23.4 Å². The lowest BCUT2D eigenvalue weighted by Gasteiger charge is -2.26. The van der Waals surface area contributed by atoms with Crippen LogP contribution in [0, 0.1) is 0 Å². The van der Waals surface area contributed by atoms with Gasteiger partial charge in [0.15, 0.2) is 5.16 Å². The number of amides is 1. The molecule has 2 aromatic carbocycles. The fraction of sp³-hybridized carbons (Fsp3) is 0.286. The average Bonchev–Trinajstić information content (AvgIpc) is 3.06. The van der Waals surface area contributed by atoms with Crippen molar-refractivity contribution in [1.29, 1.82) is 0 Å². The third-order valence-electron chi connectivity index (χ3n) is 4.33. The lowest BCUT2D eigenvalue weighted by atomic mass is 10.1. The number of hydrogen-bond acceptors (Lipinski definition) is 4. The first kappa shape index (κ1) is 19.9. The number of aryl methyl sites for hydroxylation is 1. The number of H-pyrrole nitrogens is 1. The van der Waals surface area contributed by atoms with Crippen LogP contribution in [0.3, 0.4) is 0 Å². The number of para-hydroxylation sites is 1. The molecule has 0 saturated heterocycles. The van der Waals surface area contributed by atoms with Crippen molar-refractivity contribution in [1.82, 2.24) is 14.8 Å². The van der Waals surface area contributed by atoms with Crippen molar-refractivity contribution in [2.24, 2.45) is 0 Å². The molecule has 1 aromatic heterocycles. The average molecular weight is 397 g/mol. The third kappa shape index (κ3) is 4.92. The molecule has 3 rings (SSSR count). The minimum atomic E-state index is -0.255. The Kier molecular flexibility index (Phi) is 6.71. The molecule has 0 atom stereocenters. The molecule has 0 radical (unpaired) electrons. The molecular formula is C21H24N4O2S. The first-order valence-electron chi connectivity index (χ1n) is 9.25. The molecule has 0 aliphatic carbocycles. The van der Waals surface area contributed by atoms with E-state index in [9.17, 15) is 9.59 Å². The van der Waals surface area contributed by atoms with Gasteiger partial charge >= 0.3 is 5.69 Å². The molecule has 0 unspecified atom stereocenters. The Hall–Kier alpha value is -2.80. The van der Waals surface area contributed by atoms with Crippen LogP contribution in [0.2, 0.25) is 0 Å². The number of benzene rings is 2. The summed E-state index contributed by atoms with van der Waals surface area (Å²) < 4.78 is 1.59. The highest BCUT2D eigenvalue weighted by Gasteiger charge is 2.20. The highest BCUT2D eigenvalue weighted by atomic mass is 32.2. The van der Waals surface area contributed by atoms with Crippen LogP contribution in [0.4, 0.5) is 5.69 Å². The molecule has 1 amide bonds. The van der Waals surface area contributed by atoms with Gasteiger partial charge in [0.05, 0.1) is 5.75 Å². The molecule has 0 bridgehead atoms. The second-order valence-electron chi connectivity index (χ2n) is 6.68. The standard InChI is InChI=1S/C21H24N4O2S/c1-16(2)25(18-11-7-4-8-12-18)19(26)15-28-21-23-22-20(27)24(21)14-13-17-9-5-3-6-10-17/h3-12,16H,13-15H2,1-2H3,(H,22,27). The third-order valence-corrected chi connectivity index (χ3v) is 5.30. The van der Waals surface area contributed by atoms with Gasteiger partial charge in [-0.1, -0.05) is 60.3 Å². The SMILES string of the molecule is CC(C)N(C(=O)CSc1n[nH]c(=O)n1CCc1ccccc1)c1ccccc1. The number of anilines is 1. The zero-order chi connectivity index (χ0) is 19.9. The fourth-order valence-electron chi connectivity index (χ4n) is 3.01. The van der Waals surface area contributed by atoms with Gasteiger partial charge in [-0.3, -0.25) is 9.36 Å². The molecule has 6 nitrogen and oxygen atoms in total. The van der Waals surface area contributed by atoms with Crippen LogP contribution in [0.5, 0.6) is 0 Å². The predicted octanol–water partition coefficient (Wildman–Crippen LogP) is 3.35. The van der Waals surface area contributed by atoms with Crippen molar-refractivity contribution in [3.05, 3.63) is 76.7 Å². The Morgan fingerprint density at radius 2 is 1.75 bits per heavy atom. The molecule has 3 aromatic rings. The monoisotopic (exact) mass is 396 g/mol. The summed E-state index contributed by atoms with van der Waals surface area (Å²) in [6.45, 7) is 4.49. The number of thioether (sulfide) groups is 1. The van der Waals surface area contributed by atoms with Crippen LogP contribution in [-0.2, 0) is 17.8 Å². The van der Waals surface area contributed by atoms with Crippen LogP contribution >= 0.6 is 11.8 Å². The molecule has 0 saturated carbocycles. The zero-order valence-corrected chi connectivity index (χ0v) is 16.9. The minimum Gasteiger partial charge on any atom is -0.309 e. The molecule has 146 valence electrons. The van der Waals surface area contributed by atoms with E-state index in [1.165, 1.54) is 11.8 Å². The number of carbonyl (C=O) groups is 1. The van der Waals surface area contributed by atoms with Gasteiger partial charge in [0.2, 0.25) is 5.91 Å². The molecular weight excluding hydrogens is 372 g/mol. The molecule has 0 aliphatic heterocycles. The summed E-state index contributed by atoms with van der Waals surface area (Å²) in [5.74, 6) is 0.194. The van der Waals surface area contributed by atoms with Crippen LogP contribution in [-0.4, -0.2) is 32.5 Å². The topological polar surface area (TPSA) is 71.0 Å². The maximum Gasteiger partial charge on any atom is 0.343 e. The molecule has 28 heavy (non-hydrogen) atoms. The van der Waals surface area contributed by atoms with Gasteiger partial charge in [-0.2, -0.15) is 0 Å². The Bertz CT molecular complexity index is 951. The van der Waals surface area contributed by atoms with E-state index in [4.69, 9.17) is 0 Å². The Morgan fingerprint density at radius 3 is 2.39 bits per heavy atom. The number of aromatic nitrogens is 3. The molecule has 7 heteroatoms. The van der Waals surface area contributed by atoms with Crippen LogP contribution in [0.15, 0.2) is 70.6 Å². The number of nitrogens with one attached hydrogen (secondary N) is 1. The lowest BCUT2D eigenvalue weighted by molar-refractivity contribution is -0.116. The number of nitrogens with zero attached hydrogens (tertiary/aromatic N) is 3. The van der Waals surface area contributed by atoms with Gasteiger partial charge in [-0.05, 0) is 38.0 Å². The smallest absolute Gasteiger partial charge is 0.309 e. The number of aromatic amines is 1. The van der Waals surface area contributed by atoms with Crippen molar-refractivity contribution >= 4 is 23.4 Å². The minimum absolute atomic E-state index is 0.0174. The normalized spacial score (nSPS) is 11.0. The number of carbonyl (C=O) groups excluding carboxylic acids is 1. The molecule has 0 spiro atoms. The maximum absolute atomic E-state index is 12.8. The predicted molar refractivity (Wildman–Crippen MR) is 113 cm³/mol. The van der Waals surface area contributed by atoms with E-state index in [0.717, 1.165) is 17.7 Å². The number of hydrogen-bond donors (Lipinski definition) is 1. The van der Waals surface area contributed by atoms with Gasteiger partial charge < -0.3 is 4.90 Å². The van der Waals surface area contributed by atoms with E-state index >= 15 is 0 Å². The summed E-state index contributed by atoms with van der Waals surface area (Å²) >= 11 is 1.28. The summed E-state index contributed by atoms with van der Waals surface area (Å²) in [6, 6.07) is 19.6. The first-order chi connectivity index (χ1) is 13.6. The van der Waals surface area contributed by atoms with E-state index in [0.29, 0.717) is 11.7 Å². The van der Waals surface area contributed by atoms with E-state index in [2.05, 4.69) is 10.2 Å². The van der Waals surface area contributed by atoms with E-state index < -0.39 is 0 Å². The van der Waals surface area contributed by atoms with Crippen molar-refractivity contribution in [3.8, 4) is 0 Å². The van der Waals surface area contributed by atoms with Crippen LogP contribution in [0.25, 0.3) is 0 Å². The largest absolute Gasteiger partial charge is 0.343 e. The quantitative estimate of drug-likeness (QED) is 0.593. The molecule has 0 fully saturated rings. The van der Waals surface area contributed by atoms with Gasteiger partial charge in [0.1, 0.15) is 0 Å². The summed E-state index contributed by atoms with van der Waals surface area (Å²) in [5, 5.41) is 7.12. The first-order valence-corrected chi connectivity index (χ1v) is 10.2. The Labute approximate surface area is 168 Å². The summed E-state index contributed by atoms with van der Waals surface area (Å²) in [4.78, 5) is 26.7. The van der Waals surface area contributed by atoms with Gasteiger partial charge in [0, 0.05) is 18.3 Å². The van der Waals surface area contributed by atoms with E-state index in [1.807, 2.05) is 74.5 Å². The lowest BCUT2D eigenvalue weighted by Crippen LogP contribution is -2.38. The highest BCUT2D eigenvalue weighted by molar-refractivity contribution is 7.99. The second-order valence-corrected chi connectivity index (χ2v) is 7.62. The molecule has 1 heterocycles. The highest BCUT2D eigenvalue weighted by Crippen LogP contribution is 2.20. The second kappa shape index (κ2) is 9.41. The van der Waals surface area contributed by atoms with Gasteiger partial charge in [0.25, 0.3) is 0 Å². The summed E-state index contributed by atoms with van der Waals surface area (Å²) in [6.07, 6.45) is 0.726. The Morgan fingerprint density at radius 1 is 1.11 bits per heavy atom. The van der Waals surface area contributed by atoms with Crippen LogP contribution in [0.1, 0.15) is 19.4 Å². The Balaban J connectivity index is 1.67. The van der Waals surface area contributed by atoms with Crippen LogP contribution < -0.4 is 10.6 Å². The van der Waals surface area contributed by atoms with Crippen molar-refractivity contribution in [3.63, 3.8) is 0 Å². The van der Waals surface area contributed by atoms with Gasteiger partial charge in [-0.25, -0.2) is 9.89 Å². The summed E-state index contributed by atoms with van der Waals surface area (Å²) in [5.41, 5.74) is 1.76. The van der Waals surface area contributed by atoms with Gasteiger partial charge in [-0.15, -0.1) is 5.10 Å². The number of rotatable bonds is 8. The van der Waals surface area contributed by atoms with E-state index in [1.54, 1.807) is 9.47 Å². The maximum atomic E-state index is 12.8. The summed E-state index contributed by atoms with van der Waals surface area (Å²) in [7, 11) is 0. The van der Waals surface area contributed by atoms with Crippen molar-refractivity contribution < 1.29 is 4.79 Å².